The van der Waals surface area contributed by atoms with Crippen molar-refractivity contribution in [3.8, 4) is 10.8 Å². The molecule has 1 aromatic carbocycles. The van der Waals surface area contributed by atoms with E-state index in [4.69, 9.17) is 4.42 Å². The van der Waals surface area contributed by atoms with Crippen molar-refractivity contribution in [2.24, 2.45) is 11.8 Å². The minimum absolute atomic E-state index is 0.0963. The van der Waals surface area contributed by atoms with Gasteiger partial charge >= 0.3 is 0 Å². The monoisotopic (exact) mass is 383 g/mol. The van der Waals surface area contributed by atoms with Gasteiger partial charge in [0.15, 0.2) is 10.8 Å². The molecule has 1 unspecified atom stereocenters. The van der Waals surface area contributed by atoms with Crippen LogP contribution in [0.25, 0.3) is 21.0 Å². The molecule has 3 aromatic rings. The number of fused-ring (bicyclic) bond motifs is 1. The molecule has 6 heteroatoms. The molecule has 1 amide bonds. The molecule has 1 saturated heterocycles. The zero-order valence-corrected chi connectivity index (χ0v) is 16.3. The number of aromatic nitrogens is 1. The number of carbonyl (C=O) groups is 1. The van der Waals surface area contributed by atoms with Crippen molar-refractivity contribution < 1.29 is 9.21 Å². The molecule has 0 aliphatic carbocycles. The maximum Gasteiger partial charge on any atom is 0.220 e. The third-order valence-corrected chi connectivity index (χ3v) is 6.37. The smallest absolute Gasteiger partial charge is 0.220 e. The van der Waals surface area contributed by atoms with E-state index in [2.05, 4.69) is 28.6 Å². The lowest BCUT2D eigenvalue weighted by atomic mass is 9.84. The van der Waals surface area contributed by atoms with Crippen LogP contribution in [0.15, 0.2) is 40.8 Å². The topological polar surface area (TPSA) is 67.2 Å². The van der Waals surface area contributed by atoms with Gasteiger partial charge in [0.2, 0.25) is 5.91 Å². The molecule has 1 aliphatic heterocycles. The summed E-state index contributed by atoms with van der Waals surface area (Å²) in [6.45, 7) is 4.74. The summed E-state index contributed by atoms with van der Waals surface area (Å²) in [4.78, 5) is 16.9. The molecule has 1 fully saturated rings. The van der Waals surface area contributed by atoms with E-state index >= 15 is 0 Å². The highest BCUT2D eigenvalue weighted by atomic mass is 32.1. The minimum atomic E-state index is 0.0963. The van der Waals surface area contributed by atoms with Gasteiger partial charge in [0, 0.05) is 6.42 Å². The number of rotatable bonds is 6. The first-order chi connectivity index (χ1) is 13.2. The van der Waals surface area contributed by atoms with E-state index in [0.717, 1.165) is 52.7 Å². The molecular formula is C21H25N3O2S. The second-order valence-electron chi connectivity index (χ2n) is 7.30. The highest BCUT2D eigenvalue weighted by Crippen LogP contribution is 2.31. The molecule has 27 heavy (non-hydrogen) atoms. The third-order valence-electron chi connectivity index (χ3n) is 5.32. The quantitative estimate of drug-likeness (QED) is 0.669. The SMILES string of the molecule is CC(CC(=O)NCc1ccc(-c2nc3ccccc3s2)o1)C1CCNCC1. The number of carbonyl (C=O) groups excluding carboxylic acids is 1. The minimum Gasteiger partial charge on any atom is -0.457 e. The summed E-state index contributed by atoms with van der Waals surface area (Å²) in [7, 11) is 0. The van der Waals surface area contributed by atoms with Crippen LogP contribution in [0.3, 0.4) is 0 Å². The van der Waals surface area contributed by atoms with Gasteiger partial charge in [0.25, 0.3) is 0 Å². The highest BCUT2D eigenvalue weighted by Gasteiger charge is 2.22. The molecule has 142 valence electrons. The fourth-order valence-electron chi connectivity index (χ4n) is 3.70. The van der Waals surface area contributed by atoms with Gasteiger partial charge in [-0.3, -0.25) is 4.79 Å². The molecule has 1 atom stereocenters. The molecule has 0 spiro atoms. The molecule has 5 nitrogen and oxygen atoms in total. The Balaban J connectivity index is 1.32. The van der Waals surface area contributed by atoms with Crippen molar-refractivity contribution in [1.82, 2.24) is 15.6 Å². The van der Waals surface area contributed by atoms with E-state index < -0.39 is 0 Å². The van der Waals surface area contributed by atoms with Gasteiger partial charge in [-0.05, 0) is 62.0 Å². The normalized spacial score (nSPS) is 16.5. The van der Waals surface area contributed by atoms with E-state index in [0.29, 0.717) is 24.8 Å². The van der Waals surface area contributed by atoms with Gasteiger partial charge in [-0.15, -0.1) is 11.3 Å². The number of para-hydroxylation sites is 1. The number of piperidine rings is 1. The summed E-state index contributed by atoms with van der Waals surface area (Å²) in [6.07, 6.45) is 2.91. The van der Waals surface area contributed by atoms with Crippen LogP contribution in [0.4, 0.5) is 0 Å². The number of benzene rings is 1. The first-order valence-electron chi connectivity index (χ1n) is 9.61. The molecule has 3 heterocycles. The molecule has 0 radical (unpaired) electrons. The Morgan fingerprint density at radius 2 is 2.11 bits per heavy atom. The predicted molar refractivity (Wildman–Crippen MR) is 109 cm³/mol. The molecular weight excluding hydrogens is 358 g/mol. The van der Waals surface area contributed by atoms with Crippen molar-refractivity contribution in [3.05, 3.63) is 42.2 Å². The summed E-state index contributed by atoms with van der Waals surface area (Å²) in [5.74, 6) is 2.67. The summed E-state index contributed by atoms with van der Waals surface area (Å²) in [5, 5.41) is 7.24. The van der Waals surface area contributed by atoms with E-state index in [1.165, 1.54) is 0 Å². The Kier molecular flexibility index (Phi) is 5.55. The summed E-state index contributed by atoms with van der Waals surface area (Å²) < 4.78 is 7.04. The standard InChI is InChI=1S/C21H25N3O2S/c1-14(15-8-10-22-11-9-15)12-20(25)23-13-16-6-7-18(26-16)21-24-17-4-2-3-5-19(17)27-21/h2-7,14-15,22H,8-13H2,1H3,(H,23,25). The van der Waals surface area contributed by atoms with Crippen molar-refractivity contribution >= 4 is 27.5 Å². The maximum absolute atomic E-state index is 12.3. The van der Waals surface area contributed by atoms with Crippen LogP contribution in [0.2, 0.25) is 0 Å². The van der Waals surface area contributed by atoms with Crippen LogP contribution in [-0.4, -0.2) is 24.0 Å². The van der Waals surface area contributed by atoms with Crippen molar-refractivity contribution in [2.45, 2.75) is 32.7 Å². The van der Waals surface area contributed by atoms with E-state index in [9.17, 15) is 4.79 Å². The Labute approximate surface area is 163 Å². The first kappa shape index (κ1) is 18.2. The molecule has 0 saturated carbocycles. The summed E-state index contributed by atoms with van der Waals surface area (Å²) in [5.41, 5.74) is 0.982. The molecule has 0 bridgehead atoms. The summed E-state index contributed by atoms with van der Waals surface area (Å²) in [6, 6.07) is 11.9. The molecule has 2 aromatic heterocycles. The summed E-state index contributed by atoms with van der Waals surface area (Å²) >= 11 is 1.61. The second kappa shape index (κ2) is 8.23. The number of nitrogens with zero attached hydrogens (tertiary/aromatic N) is 1. The number of amides is 1. The largest absolute Gasteiger partial charge is 0.457 e. The number of furan rings is 1. The number of hydrogen-bond acceptors (Lipinski definition) is 5. The lowest BCUT2D eigenvalue weighted by Crippen LogP contribution is -2.33. The van der Waals surface area contributed by atoms with Crippen molar-refractivity contribution in [1.29, 1.82) is 0 Å². The third kappa shape index (κ3) is 4.39. The van der Waals surface area contributed by atoms with Crippen LogP contribution in [-0.2, 0) is 11.3 Å². The lowest BCUT2D eigenvalue weighted by Gasteiger charge is -2.27. The Morgan fingerprint density at radius 1 is 1.30 bits per heavy atom. The Morgan fingerprint density at radius 3 is 2.93 bits per heavy atom. The van der Waals surface area contributed by atoms with Gasteiger partial charge in [0.05, 0.1) is 16.8 Å². The van der Waals surface area contributed by atoms with Crippen LogP contribution in [0.5, 0.6) is 0 Å². The predicted octanol–water partition coefficient (Wildman–Crippen LogP) is 4.20. The van der Waals surface area contributed by atoms with Gasteiger partial charge in [-0.1, -0.05) is 19.1 Å². The fraction of sp³-hybridized carbons (Fsp3) is 0.429. The van der Waals surface area contributed by atoms with Gasteiger partial charge in [0.1, 0.15) is 5.76 Å². The van der Waals surface area contributed by atoms with Crippen LogP contribution < -0.4 is 10.6 Å². The lowest BCUT2D eigenvalue weighted by molar-refractivity contribution is -0.122. The zero-order valence-electron chi connectivity index (χ0n) is 15.5. The van der Waals surface area contributed by atoms with E-state index in [-0.39, 0.29) is 5.91 Å². The zero-order chi connectivity index (χ0) is 18.6. The maximum atomic E-state index is 12.3. The van der Waals surface area contributed by atoms with Crippen molar-refractivity contribution in [3.63, 3.8) is 0 Å². The second-order valence-corrected chi connectivity index (χ2v) is 8.33. The van der Waals surface area contributed by atoms with Crippen LogP contribution in [0, 0.1) is 11.8 Å². The van der Waals surface area contributed by atoms with Crippen molar-refractivity contribution in [2.75, 3.05) is 13.1 Å². The van der Waals surface area contributed by atoms with Gasteiger partial charge < -0.3 is 15.1 Å². The van der Waals surface area contributed by atoms with Crippen LogP contribution in [0.1, 0.15) is 31.9 Å². The Bertz CT molecular complexity index is 878. The average Bonchev–Trinajstić information content (AvgIpc) is 3.33. The molecule has 2 N–H and O–H groups in total. The van der Waals surface area contributed by atoms with E-state index in [1.54, 1.807) is 11.3 Å². The first-order valence-corrected chi connectivity index (χ1v) is 10.4. The fourth-order valence-corrected chi connectivity index (χ4v) is 4.62. The van der Waals surface area contributed by atoms with Gasteiger partial charge in [-0.2, -0.15) is 0 Å². The molecule has 1 aliphatic rings. The number of nitrogens with one attached hydrogen (secondary N) is 2. The number of thiazole rings is 1. The Hall–Kier alpha value is -2.18. The van der Waals surface area contributed by atoms with Gasteiger partial charge in [-0.25, -0.2) is 4.98 Å². The van der Waals surface area contributed by atoms with E-state index in [1.807, 2.05) is 30.3 Å². The highest BCUT2D eigenvalue weighted by molar-refractivity contribution is 7.21. The van der Waals surface area contributed by atoms with Crippen LogP contribution >= 0.6 is 11.3 Å². The average molecular weight is 384 g/mol. The molecule has 4 rings (SSSR count). The number of hydrogen-bond donors (Lipinski definition) is 2.